The van der Waals surface area contributed by atoms with Gasteiger partial charge in [-0.1, -0.05) is 13.3 Å². The van der Waals surface area contributed by atoms with E-state index >= 15 is 0 Å². The molecule has 4 nitrogen and oxygen atoms in total. The number of carbonyl (C=O) groups is 1. The van der Waals surface area contributed by atoms with Crippen molar-refractivity contribution in [1.82, 2.24) is 0 Å². The summed E-state index contributed by atoms with van der Waals surface area (Å²) in [6, 6.07) is 5.80. The molecule has 0 saturated carbocycles. The minimum atomic E-state index is 0.0794. The van der Waals surface area contributed by atoms with Crippen molar-refractivity contribution in [3.05, 3.63) is 18.2 Å². The molecule has 0 radical (unpaired) electrons. The van der Waals surface area contributed by atoms with Crippen LogP contribution in [0.1, 0.15) is 45.4 Å². The van der Waals surface area contributed by atoms with Gasteiger partial charge in [-0.2, -0.15) is 0 Å². The molecule has 1 aromatic carbocycles. The highest BCUT2D eigenvalue weighted by Gasteiger charge is 2.15. The maximum absolute atomic E-state index is 11.9. The third-order valence-corrected chi connectivity index (χ3v) is 3.75. The number of hydrogen-bond donors (Lipinski definition) is 2. The molecule has 4 heteroatoms. The zero-order valence-corrected chi connectivity index (χ0v) is 12.3. The van der Waals surface area contributed by atoms with Crippen molar-refractivity contribution in [3.63, 3.8) is 0 Å². The Bertz CT molecular complexity index is 453. The molecule has 3 N–H and O–H groups in total. The molecule has 0 aromatic heterocycles. The number of nitrogens with two attached hydrogens (primary N) is 1. The lowest BCUT2D eigenvalue weighted by molar-refractivity contribution is -0.116. The Morgan fingerprint density at radius 3 is 2.75 bits per heavy atom. The lowest BCUT2D eigenvalue weighted by Crippen LogP contribution is -2.30. The van der Waals surface area contributed by atoms with Crippen molar-refractivity contribution in [2.24, 2.45) is 0 Å². The maximum Gasteiger partial charge on any atom is 0.224 e. The van der Waals surface area contributed by atoms with Crippen LogP contribution >= 0.6 is 0 Å². The Hall–Kier alpha value is -1.71. The predicted molar refractivity (Wildman–Crippen MR) is 85.1 cm³/mol. The fraction of sp³-hybridized carbons (Fsp3) is 0.562. The van der Waals surface area contributed by atoms with Crippen LogP contribution in [0.3, 0.4) is 0 Å². The molecule has 0 aliphatic carbocycles. The Balaban J connectivity index is 2.12. The first kappa shape index (κ1) is 14.7. The molecule has 20 heavy (non-hydrogen) atoms. The summed E-state index contributed by atoms with van der Waals surface area (Å²) in [6.45, 7) is 4.20. The molecular formula is C16H25N3O. The topological polar surface area (TPSA) is 58.4 Å². The number of hydrogen-bond acceptors (Lipinski definition) is 3. The number of unbranched alkanes of at least 4 members (excludes halogenated alkanes) is 1. The number of nitrogens with one attached hydrogen (secondary N) is 1. The van der Waals surface area contributed by atoms with Crippen LogP contribution in [-0.2, 0) is 4.79 Å². The normalized spacial score (nSPS) is 15.2. The van der Waals surface area contributed by atoms with Crippen LogP contribution in [0.4, 0.5) is 17.1 Å². The molecule has 1 saturated heterocycles. The standard InChI is InChI=1S/C16H25N3O/c1-2-3-7-16(20)18-14-12-13(17)8-9-15(14)19-10-5-4-6-11-19/h8-9,12H,2-7,10-11,17H2,1H3,(H,18,20). The van der Waals surface area contributed by atoms with Crippen LogP contribution in [0.15, 0.2) is 18.2 Å². The minimum Gasteiger partial charge on any atom is -0.399 e. The van der Waals surface area contributed by atoms with E-state index in [0.717, 1.165) is 37.3 Å². The number of nitrogens with zero attached hydrogens (tertiary/aromatic N) is 1. The summed E-state index contributed by atoms with van der Waals surface area (Å²) < 4.78 is 0. The van der Waals surface area contributed by atoms with E-state index in [9.17, 15) is 4.79 Å². The molecule has 0 bridgehead atoms. The first-order chi connectivity index (χ1) is 9.70. The highest BCUT2D eigenvalue weighted by Crippen LogP contribution is 2.30. The molecule has 1 aromatic rings. The van der Waals surface area contributed by atoms with Gasteiger partial charge in [0.05, 0.1) is 11.4 Å². The number of piperidine rings is 1. The summed E-state index contributed by atoms with van der Waals surface area (Å²) in [5.74, 6) is 0.0794. The van der Waals surface area contributed by atoms with Crippen molar-refractivity contribution < 1.29 is 4.79 Å². The summed E-state index contributed by atoms with van der Waals surface area (Å²) in [5.41, 5.74) is 8.51. The molecule has 1 amide bonds. The number of anilines is 3. The van der Waals surface area contributed by atoms with E-state index in [-0.39, 0.29) is 5.91 Å². The highest BCUT2D eigenvalue weighted by molar-refractivity contribution is 5.95. The molecular weight excluding hydrogens is 250 g/mol. The van der Waals surface area contributed by atoms with Crippen LogP contribution in [0.25, 0.3) is 0 Å². The molecule has 1 aliphatic heterocycles. The predicted octanol–water partition coefficient (Wildman–Crippen LogP) is 3.39. The van der Waals surface area contributed by atoms with E-state index in [1.165, 1.54) is 19.3 Å². The Morgan fingerprint density at radius 1 is 1.30 bits per heavy atom. The van der Waals surface area contributed by atoms with Crippen LogP contribution in [0.5, 0.6) is 0 Å². The summed E-state index contributed by atoms with van der Waals surface area (Å²) in [7, 11) is 0. The molecule has 0 atom stereocenters. The third kappa shape index (κ3) is 3.89. The second-order valence-corrected chi connectivity index (χ2v) is 5.48. The van der Waals surface area contributed by atoms with Gasteiger partial charge in [0.15, 0.2) is 0 Å². The van der Waals surface area contributed by atoms with E-state index < -0.39 is 0 Å². The molecule has 2 rings (SSSR count). The second kappa shape index (κ2) is 7.17. The summed E-state index contributed by atoms with van der Waals surface area (Å²) in [5, 5.41) is 3.02. The van der Waals surface area contributed by atoms with Gasteiger partial charge < -0.3 is 16.0 Å². The molecule has 110 valence electrons. The van der Waals surface area contributed by atoms with Gasteiger partial charge in [-0.05, 0) is 43.9 Å². The monoisotopic (exact) mass is 275 g/mol. The molecule has 1 heterocycles. The van der Waals surface area contributed by atoms with Crippen molar-refractivity contribution in [2.75, 3.05) is 29.0 Å². The van der Waals surface area contributed by atoms with E-state index in [1.54, 1.807) is 0 Å². The SMILES string of the molecule is CCCCC(=O)Nc1cc(N)ccc1N1CCCCC1. The highest BCUT2D eigenvalue weighted by atomic mass is 16.1. The number of amides is 1. The number of carbonyl (C=O) groups excluding carboxylic acids is 1. The number of nitrogen functional groups attached to an aromatic ring is 1. The summed E-state index contributed by atoms with van der Waals surface area (Å²) in [4.78, 5) is 14.3. The summed E-state index contributed by atoms with van der Waals surface area (Å²) >= 11 is 0. The van der Waals surface area contributed by atoms with Crippen molar-refractivity contribution in [2.45, 2.75) is 45.4 Å². The van der Waals surface area contributed by atoms with Gasteiger partial charge in [0.1, 0.15) is 0 Å². The van der Waals surface area contributed by atoms with Crippen LogP contribution in [-0.4, -0.2) is 19.0 Å². The molecule has 1 aliphatic rings. The smallest absolute Gasteiger partial charge is 0.224 e. The fourth-order valence-electron chi connectivity index (χ4n) is 2.61. The second-order valence-electron chi connectivity index (χ2n) is 5.48. The molecule has 0 spiro atoms. The zero-order chi connectivity index (χ0) is 14.4. The molecule has 0 unspecified atom stereocenters. The van der Waals surface area contributed by atoms with Gasteiger partial charge in [-0.25, -0.2) is 0 Å². The number of benzene rings is 1. The lowest BCUT2D eigenvalue weighted by atomic mass is 10.1. The first-order valence-corrected chi connectivity index (χ1v) is 7.65. The Kier molecular flexibility index (Phi) is 5.27. The van der Waals surface area contributed by atoms with Gasteiger partial charge in [0, 0.05) is 25.2 Å². The van der Waals surface area contributed by atoms with E-state index in [2.05, 4.69) is 17.1 Å². The minimum absolute atomic E-state index is 0.0794. The average Bonchev–Trinajstić information content (AvgIpc) is 2.46. The maximum atomic E-state index is 11.9. The van der Waals surface area contributed by atoms with Gasteiger partial charge in [0.2, 0.25) is 5.91 Å². The van der Waals surface area contributed by atoms with Crippen molar-refractivity contribution >= 4 is 23.0 Å². The Morgan fingerprint density at radius 2 is 2.05 bits per heavy atom. The van der Waals surface area contributed by atoms with E-state index in [0.29, 0.717) is 12.1 Å². The third-order valence-electron chi connectivity index (χ3n) is 3.75. The number of rotatable bonds is 5. The largest absolute Gasteiger partial charge is 0.399 e. The average molecular weight is 275 g/mol. The van der Waals surface area contributed by atoms with Gasteiger partial charge in [0.25, 0.3) is 0 Å². The van der Waals surface area contributed by atoms with Gasteiger partial charge in [-0.3, -0.25) is 4.79 Å². The quantitative estimate of drug-likeness (QED) is 0.810. The molecule has 1 fully saturated rings. The van der Waals surface area contributed by atoms with E-state index in [4.69, 9.17) is 5.73 Å². The fourth-order valence-corrected chi connectivity index (χ4v) is 2.61. The van der Waals surface area contributed by atoms with Gasteiger partial charge >= 0.3 is 0 Å². The zero-order valence-electron chi connectivity index (χ0n) is 12.3. The van der Waals surface area contributed by atoms with Crippen molar-refractivity contribution in [3.8, 4) is 0 Å². The van der Waals surface area contributed by atoms with Crippen LogP contribution in [0, 0.1) is 0 Å². The van der Waals surface area contributed by atoms with E-state index in [1.807, 2.05) is 18.2 Å². The summed E-state index contributed by atoms with van der Waals surface area (Å²) in [6.07, 6.45) is 6.26. The van der Waals surface area contributed by atoms with Gasteiger partial charge in [-0.15, -0.1) is 0 Å². The van der Waals surface area contributed by atoms with Crippen LogP contribution in [0.2, 0.25) is 0 Å². The first-order valence-electron chi connectivity index (χ1n) is 7.65. The lowest BCUT2D eigenvalue weighted by Gasteiger charge is -2.30. The Labute approximate surface area is 121 Å². The van der Waals surface area contributed by atoms with Crippen LogP contribution < -0.4 is 16.0 Å². The van der Waals surface area contributed by atoms with Crippen molar-refractivity contribution in [1.29, 1.82) is 0 Å².